The van der Waals surface area contributed by atoms with Gasteiger partial charge in [0.2, 0.25) is 0 Å². The minimum absolute atomic E-state index is 0.245. The molecule has 110 valence electrons. The molecule has 0 aliphatic carbocycles. The van der Waals surface area contributed by atoms with Gasteiger partial charge in [0.1, 0.15) is 5.75 Å². The normalized spacial score (nSPS) is 11.6. The van der Waals surface area contributed by atoms with Crippen LogP contribution in [0.5, 0.6) is 5.75 Å². The lowest BCUT2D eigenvalue weighted by Gasteiger charge is -2.15. The third kappa shape index (κ3) is 5.05. The molecule has 0 saturated heterocycles. The van der Waals surface area contributed by atoms with Gasteiger partial charge in [0.15, 0.2) is 0 Å². The van der Waals surface area contributed by atoms with Gasteiger partial charge >= 0.3 is 5.97 Å². The van der Waals surface area contributed by atoms with E-state index in [9.17, 15) is 4.79 Å². The van der Waals surface area contributed by atoms with Crippen molar-refractivity contribution in [2.45, 2.75) is 19.9 Å². The third-order valence-corrected chi connectivity index (χ3v) is 3.09. The first-order valence-electron chi connectivity index (χ1n) is 6.69. The Morgan fingerprint density at radius 1 is 1.25 bits per heavy atom. The summed E-state index contributed by atoms with van der Waals surface area (Å²) in [7, 11) is 5.09. The molecule has 4 nitrogen and oxygen atoms in total. The SMILES string of the molecule is CCC(=CCN(C)Cc1ccc(OC)cc1)C(=O)OC. The van der Waals surface area contributed by atoms with Crippen LogP contribution >= 0.6 is 0 Å². The molecule has 1 rings (SSSR count). The van der Waals surface area contributed by atoms with Crippen LogP contribution in [0.1, 0.15) is 18.9 Å². The highest BCUT2D eigenvalue weighted by molar-refractivity contribution is 5.88. The Hall–Kier alpha value is -1.81. The fraction of sp³-hybridized carbons (Fsp3) is 0.438. The topological polar surface area (TPSA) is 38.8 Å². The first-order valence-corrected chi connectivity index (χ1v) is 6.69. The van der Waals surface area contributed by atoms with Gasteiger partial charge in [-0.05, 0) is 31.2 Å². The van der Waals surface area contributed by atoms with E-state index in [0.29, 0.717) is 18.5 Å². The molecule has 4 heteroatoms. The number of carbonyl (C=O) groups excluding carboxylic acids is 1. The van der Waals surface area contributed by atoms with E-state index >= 15 is 0 Å². The Morgan fingerprint density at radius 3 is 2.40 bits per heavy atom. The van der Waals surface area contributed by atoms with Crippen LogP contribution in [0.25, 0.3) is 0 Å². The highest BCUT2D eigenvalue weighted by Crippen LogP contribution is 2.12. The van der Waals surface area contributed by atoms with Gasteiger partial charge in [-0.1, -0.05) is 25.1 Å². The van der Waals surface area contributed by atoms with E-state index in [1.165, 1.54) is 12.7 Å². The van der Waals surface area contributed by atoms with Gasteiger partial charge in [-0.2, -0.15) is 0 Å². The molecule has 0 atom stereocenters. The number of benzene rings is 1. The van der Waals surface area contributed by atoms with Crippen LogP contribution in [0, 0.1) is 0 Å². The summed E-state index contributed by atoms with van der Waals surface area (Å²) in [5.74, 6) is 0.612. The van der Waals surface area contributed by atoms with Crippen molar-refractivity contribution in [2.24, 2.45) is 0 Å². The van der Waals surface area contributed by atoms with Crippen molar-refractivity contribution in [3.8, 4) is 5.75 Å². The summed E-state index contributed by atoms with van der Waals surface area (Å²) in [5.41, 5.74) is 1.92. The predicted molar refractivity (Wildman–Crippen MR) is 79.7 cm³/mol. The molecule has 0 radical (unpaired) electrons. The maximum absolute atomic E-state index is 11.5. The van der Waals surface area contributed by atoms with E-state index in [1.54, 1.807) is 7.11 Å². The van der Waals surface area contributed by atoms with Gasteiger partial charge in [0.25, 0.3) is 0 Å². The monoisotopic (exact) mass is 277 g/mol. The van der Waals surface area contributed by atoms with E-state index in [-0.39, 0.29) is 5.97 Å². The van der Waals surface area contributed by atoms with Crippen molar-refractivity contribution < 1.29 is 14.3 Å². The largest absolute Gasteiger partial charge is 0.497 e. The molecule has 0 unspecified atom stereocenters. The molecule has 0 amide bonds. The fourth-order valence-corrected chi connectivity index (χ4v) is 1.88. The zero-order valence-corrected chi connectivity index (χ0v) is 12.7. The van der Waals surface area contributed by atoms with Gasteiger partial charge in [-0.25, -0.2) is 4.79 Å². The minimum atomic E-state index is -0.245. The number of methoxy groups -OCH3 is 2. The second-order valence-electron chi connectivity index (χ2n) is 4.62. The van der Waals surface area contributed by atoms with Gasteiger partial charge in [-0.3, -0.25) is 4.90 Å². The van der Waals surface area contributed by atoms with Gasteiger partial charge < -0.3 is 9.47 Å². The summed E-state index contributed by atoms with van der Waals surface area (Å²) in [6.45, 7) is 3.48. The summed E-state index contributed by atoms with van der Waals surface area (Å²) in [4.78, 5) is 13.6. The Morgan fingerprint density at radius 2 is 1.90 bits per heavy atom. The van der Waals surface area contributed by atoms with E-state index in [4.69, 9.17) is 9.47 Å². The number of ether oxygens (including phenoxy) is 2. The average molecular weight is 277 g/mol. The zero-order valence-electron chi connectivity index (χ0n) is 12.7. The summed E-state index contributed by atoms with van der Waals surface area (Å²) in [6.07, 6.45) is 2.61. The maximum atomic E-state index is 11.5. The van der Waals surface area contributed by atoms with Crippen molar-refractivity contribution in [1.82, 2.24) is 4.90 Å². The van der Waals surface area contributed by atoms with Crippen LogP contribution in [0.3, 0.4) is 0 Å². The molecule has 1 aromatic rings. The summed E-state index contributed by atoms with van der Waals surface area (Å²) >= 11 is 0. The van der Waals surface area contributed by atoms with E-state index < -0.39 is 0 Å². The lowest BCUT2D eigenvalue weighted by Crippen LogP contribution is -2.19. The molecule has 0 fully saturated rings. The van der Waals surface area contributed by atoms with Crippen molar-refractivity contribution in [3.63, 3.8) is 0 Å². The van der Waals surface area contributed by atoms with E-state index in [1.807, 2.05) is 44.3 Å². The predicted octanol–water partition coefficient (Wildman–Crippen LogP) is 2.64. The molecule has 0 heterocycles. The zero-order chi connectivity index (χ0) is 15.0. The number of nitrogens with zero attached hydrogens (tertiary/aromatic N) is 1. The molecular weight excluding hydrogens is 254 g/mol. The van der Waals surface area contributed by atoms with E-state index in [2.05, 4.69) is 4.90 Å². The quantitative estimate of drug-likeness (QED) is 0.567. The number of carbonyl (C=O) groups is 1. The standard InChI is InChI=1S/C16H23NO3/c1-5-14(16(18)20-4)10-11-17(2)12-13-6-8-15(19-3)9-7-13/h6-10H,5,11-12H2,1-4H3. The third-order valence-electron chi connectivity index (χ3n) is 3.09. The van der Waals surface area contributed by atoms with Gasteiger partial charge in [0, 0.05) is 18.7 Å². The maximum Gasteiger partial charge on any atom is 0.333 e. The average Bonchev–Trinajstić information content (AvgIpc) is 2.48. The molecule has 0 bridgehead atoms. The minimum Gasteiger partial charge on any atom is -0.497 e. The van der Waals surface area contributed by atoms with Crippen LogP contribution < -0.4 is 4.74 Å². The number of likely N-dealkylation sites (N-methyl/N-ethyl adjacent to an activating group) is 1. The van der Waals surface area contributed by atoms with Crippen LogP contribution in [0.4, 0.5) is 0 Å². The van der Waals surface area contributed by atoms with Crippen LogP contribution in [-0.4, -0.2) is 38.7 Å². The molecule has 1 aromatic carbocycles. The lowest BCUT2D eigenvalue weighted by atomic mass is 10.2. The summed E-state index contributed by atoms with van der Waals surface area (Å²) in [6, 6.07) is 7.98. The smallest absolute Gasteiger partial charge is 0.333 e. The van der Waals surface area contributed by atoms with Crippen molar-refractivity contribution >= 4 is 5.97 Å². The molecule has 0 saturated carbocycles. The van der Waals surface area contributed by atoms with Crippen molar-refractivity contribution in [2.75, 3.05) is 27.8 Å². The Kier molecular flexibility index (Phi) is 6.81. The lowest BCUT2D eigenvalue weighted by molar-refractivity contribution is -0.136. The number of hydrogen-bond donors (Lipinski definition) is 0. The number of rotatable bonds is 7. The second kappa shape index (κ2) is 8.38. The van der Waals surface area contributed by atoms with Crippen molar-refractivity contribution in [1.29, 1.82) is 0 Å². The summed E-state index contributed by atoms with van der Waals surface area (Å²) in [5, 5.41) is 0. The highest BCUT2D eigenvalue weighted by Gasteiger charge is 2.07. The second-order valence-corrected chi connectivity index (χ2v) is 4.62. The first-order chi connectivity index (χ1) is 9.60. The van der Waals surface area contributed by atoms with E-state index in [0.717, 1.165) is 12.3 Å². The van der Waals surface area contributed by atoms with Gasteiger partial charge in [-0.15, -0.1) is 0 Å². The Balaban J connectivity index is 2.55. The van der Waals surface area contributed by atoms with Crippen molar-refractivity contribution in [3.05, 3.63) is 41.5 Å². The molecule has 0 aliphatic rings. The molecule has 0 aromatic heterocycles. The Bertz CT molecular complexity index is 451. The van der Waals surface area contributed by atoms with Gasteiger partial charge in [0.05, 0.1) is 14.2 Å². The van der Waals surface area contributed by atoms with Crippen LogP contribution in [0.2, 0.25) is 0 Å². The molecule has 0 N–H and O–H groups in total. The molecular formula is C16H23NO3. The summed E-state index contributed by atoms with van der Waals surface area (Å²) < 4.78 is 9.87. The van der Waals surface area contributed by atoms with Crippen LogP contribution in [-0.2, 0) is 16.1 Å². The molecule has 20 heavy (non-hydrogen) atoms. The highest BCUT2D eigenvalue weighted by atomic mass is 16.5. The number of esters is 1. The Labute approximate surface area is 121 Å². The van der Waals surface area contributed by atoms with Crippen LogP contribution in [0.15, 0.2) is 35.9 Å². The molecule has 0 aliphatic heterocycles. The first kappa shape index (κ1) is 16.2. The number of hydrogen-bond acceptors (Lipinski definition) is 4. The molecule has 0 spiro atoms. The fourth-order valence-electron chi connectivity index (χ4n) is 1.88.